The highest BCUT2D eigenvalue weighted by Gasteiger charge is 2.34. The van der Waals surface area contributed by atoms with Gasteiger partial charge in [-0.15, -0.1) is 0 Å². The lowest BCUT2D eigenvalue weighted by atomic mass is 9.93. The second kappa shape index (κ2) is 6.78. The monoisotopic (exact) mass is 399 g/mol. The molecule has 0 spiro atoms. The van der Waals surface area contributed by atoms with Crippen LogP contribution in [0, 0.1) is 0 Å². The smallest absolute Gasteiger partial charge is 0.179 e. The number of nitrogens with zero attached hydrogens (tertiary/aromatic N) is 5. The number of hydrogen-bond acceptors (Lipinski definition) is 8. The van der Waals surface area contributed by atoms with E-state index < -0.39 is 0 Å². The average Bonchev–Trinajstić information content (AvgIpc) is 2.72. The summed E-state index contributed by atoms with van der Waals surface area (Å²) in [6.45, 7) is 2.02. The van der Waals surface area contributed by atoms with Crippen LogP contribution in [-0.4, -0.2) is 45.1 Å². The molecule has 3 fully saturated rings. The predicted octanol–water partition coefficient (Wildman–Crippen LogP) is 2.75. The summed E-state index contributed by atoms with van der Waals surface area (Å²) in [4.78, 5) is 21.2. The van der Waals surface area contributed by atoms with Gasteiger partial charge in [0.15, 0.2) is 5.65 Å². The molecule has 0 aromatic carbocycles. The summed E-state index contributed by atoms with van der Waals surface area (Å²) < 4.78 is 0. The molecule has 2 atom stereocenters. The van der Waals surface area contributed by atoms with Gasteiger partial charge in [0, 0.05) is 36.3 Å². The number of anilines is 2. The zero-order valence-corrected chi connectivity index (χ0v) is 16.0. The van der Waals surface area contributed by atoms with Crippen LogP contribution in [0.15, 0.2) is 40.5 Å². The summed E-state index contributed by atoms with van der Waals surface area (Å²) >= 11 is 7.66. The Morgan fingerprint density at radius 2 is 2.11 bits per heavy atom. The van der Waals surface area contributed by atoms with Crippen molar-refractivity contribution < 1.29 is 0 Å². The highest BCUT2D eigenvalue weighted by atomic mass is 35.5. The van der Waals surface area contributed by atoms with Gasteiger partial charge in [-0.3, -0.25) is 0 Å². The molecule has 3 aliphatic rings. The fourth-order valence-corrected chi connectivity index (χ4v) is 4.74. The van der Waals surface area contributed by atoms with Gasteiger partial charge in [0.05, 0.1) is 11.2 Å². The lowest BCUT2D eigenvalue weighted by Gasteiger charge is -2.46. The van der Waals surface area contributed by atoms with Crippen LogP contribution in [0.2, 0.25) is 5.02 Å². The van der Waals surface area contributed by atoms with Gasteiger partial charge < -0.3 is 16.0 Å². The third-order valence-electron chi connectivity index (χ3n) is 5.10. The van der Waals surface area contributed by atoms with E-state index in [9.17, 15) is 0 Å². The number of nitrogens with two attached hydrogens (primary N) is 1. The van der Waals surface area contributed by atoms with Crippen molar-refractivity contribution in [1.82, 2.24) is 25.3 Å². The van der Waals surface area contributed by atoms with E-state index in [-0.39, 0.29) is 0 Å². The van der Waals surface area contributed by atoms with Crippen molar-refractivity contribution in [3.8, 4) is 0 Å². The Hall–Kier alpha value is -2.16. The van der Waals surface area contributed by atoms with Crippen molar-refractivity contribution in [2.24, 2.45) is 0 Å². The van der Waals surface area contributed by atoms with Crippen LogP contribution in [0.4, 0.5) is 11.6 Å². The summed E-state index contributed by atoms with van der Waals surface area (Å²) in [5, 5.41) is 4.80. The summed E-state index contributed by atoms with van der Waals surface area (Å²) in [7, 11) is 0. The number of rotatable bonds is 3. The van der Waals surface area contributed by atoms with Gasteiger partial charge in [0.1, 0.15) is 22.2 Å². The van der Waals surface area contributed by atoms with E-state index in [1.807, 2.05) is 24.4 Å². The fourth-order valence-electron chi connectivity index (χ4n) is 3.69. The van der Waals surface area contributed by atoms with Crippen molar-refractivity contribution >= 4 is 46.2 Å². The molecule has 7 nitrogen and oxygen atoms in total. The number of pyridine rings is 2. The van der Waals surface area contributed by atoms with E-state index in [0.717, 1.165) is 34.3 Å². The third kappa shape index (κ3) is 3.18. The van der Waals surface area contributed by atoms with Gasteiger partial charge in [0.25, 0.3) is 0 Å². The van der Waals surface area contributed by atoms with Crippen LogP contribution in [0.25, 0.3) is 11.2 Å². The zero-order chi connectivity index (χ0) is 18.4. The molecule has 3 N–H and O–H groups in total. The standard InChI is InChI=1S/C18H18ClN7S/c19-16-13(5-6-21-17(16)20)27-15-4-3-12-18(25-15)23-8-14(24-12)26-9-10-1-2-11(26)7-22-10/h3-6,8,10-11,22H,1-2,7,9H2,(H2,20,21)/t10-,11-/m0/s1. The van der Waals surface area contributed by atoms with Crippen LogP contribution >= 0.6 is 23.4 Å². The third-order valence-corrected chi connectivity index (χ3v) is 6.61. The molecule has 0 aliphatic carbocycles. The van der Waals surface area contributed by atoms with Gasteiger partial charge in [-0.2, -0.15) is 0 Å². The Labute approximate surface area is 165 Å². The molecule has 0 radical (unpaired) electrons. The van der Waals surface area contributed by atoms with Crippen LogP contribution in [0.3, 0.4) is 0 Å². The molecule has 0 saturated carbocycles. The van der Waals surface area contributed by atoms with Crippen LogP contribution in [0.1, 0.15) is 12.8 Å². The number of nitrogens with one attached hydrogen (secondary N) is 1. The molecule has 3 aromatic rings. The number of nitrogen functional groups attached to an aromatic ring is 1. The minimum Gasteiger partial charge on any atom is -0.382 e. The van der Waals surface area contributed by atoms with Crippen molar-refractivity contribution in [2.45, 2.75) is 34.8 Å². The number of piperazine rings is 1. The summed E-state index contributed by atoms with van der Waals surface area (Å²) in [6.07, 6.45) is 5.92. The largest absolute Gasteiger partial charge is 0.382 e. The first-order valence-electron chi connectivity index (χ1n) is 8.89. The van der Waals surface area contributed by atoms with Gasteiger partial charge in [0.2, 0.25) is 0 Å². The molecule has 9 heteroatoms. The first kappa shape index (κ1) is 17.0. The predicted molar refractivity (Wildman–Crippen MR) is 107 cm³/mol. The van der Waals surface area contributed by atoms with Crippen molar-refractivity contribution in [2.75, 3.05) is 23.7 Å². The van der Waals surface area contributed by atoms with Gasteiger partial charge >= 0.3 is 0 Å². The molecule has 138 valence electrons. The van der Waals surface area contributed by atoms with Crippen molar-refractivity contribution in [3.63, 3.8) is 0 Å². The molecule has 0 amide bonds. The first-order chi connectivity index (χ1) is 13.2. The van der Waals surface area contributed by atoms with Crippen molar-refractivity contribution in [3.05, 3.63) is 35.6 Å². The van der Waals surface area contributed by atoms with E-state index in [4.69, 9.17) is 22.3 Å². The van der Waals surface area contributed by atoms with E-state index in [1.54, 1.807) is 6.20 Å². The second-order valence-electron chi connectivity index (χ2n) is 6.82. The van der Waals surface area contributed by atoms with Crippen LogP contribution in [-0.2, 0) is 0 Å². The summed E-state index contributed by atoms with van der Waals surface area (Å²) in [5.41, 5.74) is 7.19. The topological polar surface area (TPSA) is 92.8 Å². The van der Waals surface area contributed by atoms with Gasteiger partial charge in [-0.25, -0.2) is 19.9 Å². The fraction of sp³-hybridized carbons (Fsp3) is 0.333. The quantitative estimate of drug-likeness (QED) is 0.694. The Morgan fingerprint density at radius 1 is 1.19 bits per heavy atom. The van der Waals surface area contributed by atoms with Gasteiger partial charge in [-0.05, 0) is 31.0 Å². The molecule has 6 heterocycles. The molecular formula is C18H18ClN7S. The average molecular weight is 400 g/mol. The summed E-state index contributed by atoms with van der Waals surface area (Å²) in [5.74, 6) is 1.25. The minimum absolute atomic E-state index is 0.317. The van der Waals surface area contributed by atoms with Crippen LogP contribution < -0.4 is 16.0 Å². The molecule has 3 saturated heterocycles. The highest BCUT2D eigenvalue weighted by molar-refractivity contribution is 7.99. The second-order valence-corrected chi connectivity index (χ2v) is 8.26. The molecule has 27 heavy (non-hydrogen) atoms. The number of halogens is 1. The number of piperidine rings is 2. The van der Waals surface area contributed by atoms with E-state index in [2.05, 4.69) is 25.2 Å². The van der Waals surface area contributed by atoms with Crippen molar-refractivity contribution in [1.29, 1.82) is 0 Å². The number of fused-ring (bicyclic) bond motifs is 4. The Balaban J connectivity index is 1.42. The zero-order valence-electron chi connectivity index (χ0n) is 14.5. The first-order valence-corrected chi connectivity index (χ1v) is 10.1. The lowest BCUT2D eigenvalue weighted by molar-refractivity contribution is 0.289. The molecule has 3 aromatic heterocycles. The SMILES string of the molecule is Nc1nccc(Sc2ccc3nc(N4C[C@@H]5CC[C@H]4CN5)cnc3n2)c1Cl. The van der Waals surface area contributed by atoms with E-state index in [1.165, 1.54) is 24.6 Å². The Kier molecular flexibility index (Phi) is 4.26. The molecule has 3 aliphatic heterocycles. The molecule has 2 bridgehead atoms. The van der Waals surface area contributed by atoms with Gasteiger partial charge in [-0.1, -0.05) is 23.4 Å². The normalized spacial score (nSPS) is 21.7. The lowest BCUT2D eigenvalue weighted by Crippen LogP contribution is -2.61. The maximum absolute atomic E-state index is 6.22. The minimum atomic E-state index is 0.317. The Morgan fingerprint density at radius 3 is 2.89 bits per heavy atom. The van der Waals surface area contributed by atoms with E-state index >= 15 is 0 Å². The molecule has 0 unspecified atom stereocenters. The maximum atomic E-state index is 6.22. The highest BCUT2D eigenvalue weighted by Crippen LogP contribution is 2.35. The number of aromatic nitrogens is 4. The molecule has 6 rings (SSSR count). The maximum Gasteiger partial charge on any atom is 0.179 e. The Bertz CT molecular complexity index is 1010. The summed E-state index contributed by atoms with van der Waals surface area (Å²) in [6, 6.07) is 6.78. The number of hydrogen-bond donors (Lipinski definition) is 2. The van der Waals surface area contributed by atoms with Crippen LogP contribution in [0.5, 0.6) is 0 Å². The molecular weight excluding hydrogens is 382 g/mol. The van der Waals surface area contributed by atoms with E-state index in [0.29, 0.717) is 28.6 Å².